The lowest BCUT2D eigenvalue weighted by Crippen LogP contribution is -2.40. The summed E-state index contributed by atoms with van der Waals surface area (Å²) in [7, 11) is 1.60. The van der Waals surface area contributed by atoms with Crippen LogP contribution in [0.5, 0.6) is 17.2 Å². The molecule has 0 fully saturated rings. The van der Waals surface area contributed by atoms with Crippen LogP contribution >= 0.6 is 33.9 Å². The predicted octanol–water partition coefficient (Wildman–Crippen LogP) is 6.46. The van der Waals surface area contributed by atoms with Gasteiger partial charge in [0.1, 0.15) is 12.4 Å². The number of nitrogens with one attached hydrogen (secondary N) is 1. The van der Waals surface area contributed by atoms with Crippen molar-refractivity contribution < 1.29 is 19.0 Å². The molecule has 1 aromatic heterocycles. The summed E-state index contributed by atoms with van der Waals surface area (Å²) in [5.74, 6) is 1.58. The number of fused-ring (bicyclic) bond motifs is 1. The van der Waals surface area contributed by atoms with E-state index in [1.807, 2.05) is 110 Å². The molecule has 1 N–H and O–H groups in total. The minimum absolute atomic E-state index is 0.247. The summed E-state index contributed by atoms with van der Waals surface area (Å²) >= 11 is 3.50. The van der Waals surface area contributed by atoms with Gasteiger partial charge in [-0.15, -0.1) is 0 Å². The average molecular weight is 758 g/mol. The summed E-state index contributed by atoms with van der Waals surface area (Å²) in [5, 5.41) is 2.99. The minimum Gasteiger partial charge on any atom is -0.494 e. The van der Waals surface area contributed by atoms with Crippen molar-refractivity contribution in [1.29, 1.82) is 0 Å². The Hall–Kier alpha value is -4.68. The topological polar surface area (TPSA) is 91.2 Å². The maximum atomic E-state index is 14.2. The summed E-state index contributed by atoms with van der Waals surface area (Å²) in [5.41, 5.74) is 3.94. The number of hydrogen-bond donors (Lipinski definition) is 1. The van der Waals surface area contributed by atoms with Crippen LogP contribution < -0.4 is 34.4 Å². The fourth-order valence-electron chi connectivity index (χ4n) is 5.40. The molecule has 8 nitrogen and oxygen atoms in total. The number of aromatic nitrogens is 1. The molecular formula is C37H32IN3O5S. The monoisotopic (exact) mass is 757 g/mol. The van der Waals surface area contributed by atoms with Gasteiger partial charge in [0.05, 0.1) is 39.1 Å². The number of anilines is 1. The number of carbonyl (C=O) groups excluding carboxylic acids is 1. The zero-order valence-electron chi connectivity index (χ0n) is 26.0. The van der Waals surface area contributed by atoms with Crippen LogP contribution in [-0.4, -0.2) is 24.2 Å². The smallest absolute Gasteiger partial charge is 0.271 e. The fourth-order valence-corrected chi connectivity index (χ4v) is 7.23. The second kappa shape index (κ2) is 14.4. The first-order valence-electron chi connectivity index (χ1n) is 15.0. The van der Waals surface area contributed by atoms with Gasteiger partial charge in [-0.3, -0.25) is 14.2 Å². The molecule has 5 aromatic rings. The number of benzene rings is 4. The molecule has 2 heterocycles. The van der Waals surface area contributed by atoms with Gasteiger partial charge in [0, 0.05) is 5.69 Å². The highest BCUT2D eigenvalue weighted by molar-refractivity contribution is 14.1. The van der Waals surface area contributed by atoms with E-state index >= 15 is 0 Å². The van der Waals surface area contributed by atoms with Crippen molar-refractivity contribution in [2.45, 2.75) is 26.5 Å². The minimum atomic E-state index is -0.698. The van der Waals surface area contributed by atoms with Crippen molar-refractivity contribution in [2.75, 3.05) is 19.0 Å². The highest BCUT2D eigenvalue weighted by atomic mass is 127. The molecule has 47 heavy (non-hydrogen) atoms. The van der Waals surface area contributed by atoms with E-state index in [1.165, 1.54) is 11.3 Å². The van der Waals surface area contributed by atoms with E-state index < -0.39 is 6.04 Å². The first-order valence-corrected chi connectivity index (χ1v) is 16.9. The summed E-state index contributed by atoms with van der Waals surface area (Å²) in [6.07, 6.45) is 1.83. The van der Waals surface area contributed by atoms with Gasteiger partial charge >= 0.3 is 0 Å². The van der Waals surface area contributed by atoms with E-state index in [-0.39, 0.29) is 11.5 Å². The molecule has 6 rings (SSSR count). The van der Waals surface area contributed by atoms with Crippen LogP contribution in [0.1, 0.15) is 36.6 Å². The number of ether oxygens (including phenoxy) is 3. The van der Waals surface area contributed by atoms with Gasteiger partial charge in [-0.1, -0.05) is 72.0 Å². The summed E-state index contributed by atoms with van der Waals surface area (Å²) in [6, 6.07) is 29.8. The quantitative estimate of drug-likeness (QED) is 0.165. The van der Waals surface area contributed by atoms with E-state index in [0.29, 0.717) is 56.8 Å². The molecule has 1 atom stereocenters. The molecule has 0 spiro atoms. The third kappa shape index (κ3) is 7.03. The van der Waals surface area contributed by atoms with Crippen LogP contribution in [0.2, 0.25) is 0 Å². The summed E-state index contributed by atoms with van der Waals surface area (Å²) in [4.78, 5) is 33.3. The van der Waals surface area contributed by atoms with Gasteiger partial charge in [-0.25, -0.2) is 4.99 Å². The Morgan fingerprint density at radius 1 is 1.00 bits per heavy atom. The molecule has 0 bridgehead atoms. The average Bonchev–Trinajstić information content (AvgIpc) is 3.38. The van der Waals surface area contributed by atoms with E-state index in [4.69, 9.17) is 19.2 Å². The third-order valence-electron chi connectivity index (χ3n) is 7.58. The van der Waals surface area contributed by atoms with Crippen LogP contribution in [0, 0.1) is 3.57 Å². The number of thiazole rings is 1. The first kappa shape index (κ1) is 32.3. The Kier molecular flexibility index (Phi) is 9.88. The van der Waals surface area contributed by atoms with Crippen LogP contribution in [0.3, 0.4) is 0 Å². The number of rotatable bonds is 10. The van der Waals surface area contributed by atoms with E-state index in [9.17, 15) is 9.59 Å². The van der Waals surface area contributed by atoms with E-state index in [1.54, 1.807) is 18.6 Å². The van der Waals surface area contributed by atoms with Gasteiger partial charge in [-0.2, -0.15) is 0 Å². The van der Waals surface area contributed by atoms with Gasteiger partial charge < -0.3 is 19.5 Å². The van der Waals surface area contributed by atoms with Gasteiger partial charge in [-0.05, 0) is 95.6 Å². The Bertz CT molecular complexity index is 2130. The van der Waals surface area contributed by atoms with Crippen LogP contribution in [0.25, 0.3) is 6.08 Å². The normalized spacial score (nSPS) is 14.3. The number of amides is 1. The maximum Gasteiger partial charge on any atom is 0.271 e. The molecule has 1 aliphatic rings. The highest BCUT2D eigenvalue weighted by Crippen LogP contribution is 2.35. The van der Waals surface area contributed by atoms with Gasteiger partial charge in [0.25, 0.3) is 11.5 Å². The van der Waals surface area contributed by atoms with Crippen molar-refractivity contribution in [3.8, 4) is 17.2 Å². The maximum absolute atomic E-state index is 14.2. The lowest BCUT2D eigenvalue weighted by molar-refractivity contribution is -0.113. The molecule has 0 unspecified atom stereocenters. The molecule has 0 radical (unpaired) electrons. The predicted molar refractivity (Wildman–Crippen MR) is 193 cm³/mol. The van der Waals surface area contributed by atoms with Crippen molar-refractivity contribution in [3.63, 3.8) is 0 Å². The highest BCUT2D eigenvalue weighted by Gasteiger charge is 2.32. The molecular weight excluding hydrogens is 725 g/mol. The van der Waals surface area contributed by atoms with Crippen molar-refractivity contribution >= 4 is 51.6 Å². The zero-order chi connectivity index (χ0) is 32.9. The number of nitrogens with zero attached hydrogens (tertiary/aromatic N) is 2. The fraction of sp³-hybridized carbons (Fsp3) is 0.162. The Morgan fingerprint density at radius 3 is 2.38 bits per heavy atom. The first-order chi connectivity index (χ1) is 22.9. The van der Waals surface area contributed by atoms with Crippen LogP contribution in [-0.2, 0) is 11.4 Å². The van der Waals surface area contributed by atoms with Gasteiger partial charge in [0.15, 0.2) is 16.3 Å². The summed E-state index contributed by atoms with van der Waals surface area (Å²) in [6.45, 7) is 4.66. The lowest BCUT2D eigenvalue weighted by atomic mass is 9.95. The number of halogens is 1. The summed E-state index contributed by atoms with van der Waals surface area (Å²) < 4.78 is 20.4. The van der Waals surface area contributed by atoms with Crippen LogP contribution in [0.4, 0.5) is 5.69 Å². The van der Waals surface area contributed by atoms with Crippen LogP contribution in [0.15, 0.2) is 118 Å². The molecule has 0 saturated carbocycles. The second-order valence-corrected chi connectivity index (χ2v) is 12.9. The Balaban J connectivity index is 1.41. The van der Waals surface area contributed by atoms with Crippen molar-refractivity contribution in [3.05, 3.63) is 148 Å². The molecule has 0 aliphatic carbocycles. The van der Waals surface area contributed by atoms with Crippen molar-refractivity contribution in [1.82, 2.24) is 4.57 Å². The lowest BCUT2D eigenvalue weighted by Gasteiger charge is -2.25. The molecule has 1 amide bonds. The number of hydrogen-bond acceptors (Lipinski definition) is 7. The number of carbonyl (C=O) groups is 1. The number of para-hydroxylation sites is 1. The molecule has 0 saturated heterocycles. The largest absolute Gasteiger partial charge is 0.494 e. The molecule has 238 valence electrons. The van der Waals surface area contributed by atoms with E-state index in [2.05, 4.69) is 27.9 Å². The molecule has 10 heteroatoms. The van der Waals surface area contributed by atoms with Gasteiger partial charge in [0.2, 0.25) is 0 Å². The standard InChI is InChI=1S/C37H32IN3O5S/c1-4-45-28-17-15-26(16-18-28)33-32(35(42)40-27-13-9-6-10-14-27)23(2)39-37-41(33)36(43)31(47-37)21-25-19-29(38)34(30(20-25)44-3)46-22-24-11-7-5-8-12-24/h5-21,33H,4,22H2,1-3H3,(H,40,42)/b31-21-/t33-/m0/s1. The zero-order valence-corrected chi connectivity index (χ0v) is 29.0. The number of methoxy groups -OCH3 is 1. The number of allylic oxidation sites excluding steroid dienone is 1. The second-order valence-electron chi connectivity index (χ2n) is 10.7. The van der Waals surface area contributed by atoms with E-state index in [0.717, 1.165) is 20.3 Å². The SMILES string of the molecule is CCOc1ccc([C@H]2C(C(=O)Nc3ccccc3)=C(C)N=c3s/c(=C\c4cc(I)c(OCc5ccccc5)c(OC)c4)c(=O)n32)cc1. The Labute approximate surface area is 289 Å². The Morgan fingerprint density at radius 2 is 1.70 bits per heavy atom. The third-order valence-corrected chi connectivity index (χ3v) is 9.36. The molecule has 4 aromatic carbocycles. The van der Waals surface area contributed by atoms with Crippen molar-refractivity contribution in [2.24, 2.45) is 4.99 Å². The molecule has 1 aliphatic heterocycles.